The van der Waals surface area contributed by atoms with E-state index >= 15 is 0 Å². The number of halogens is 2. The molecule has 0 aliphatic carbocycles. The third-order valence-corrected chi connectivity index (χ3v) is 5.43. The molecule has 1 N–H and O–H groups in total. The van der Waals surface area contributed by atoms with Gasteiger partial charge >= 0.3 is 0 Å². The van der Waals surface area contributed by atoms with Crippen LogP contribution < -0.4 is 14.8 Å². The van der Waals surface area contributed by atoms with E-state index in [-0.39, 0.29) is 17.8 Å². The Balaban J connectivity index is 1.57. The average molecular weight is 392 g/mol. The summed E-state index contributed by atoms with van der Waals surface area (Å²) in [5.41, 5.74) is 0.668. The fourth-order valence-corrected chi connectivity index (χ4v) is 3.74. The van der Waals surface area contributed by atoms with Gasteiger partial charge in [0.2, 0.25) is 6.79 Å². The molecule has 1 fully saturated rings. The van der Waals surface area contributed by atoms with Crippen LogP contribution >= 0.6 is 11.6 Å². The summed E-state index contributed by atoms with van der Waals surface area (Å²) < 4.78 is 30.4. The lowest BCUT2D eigenvalue weighted by Crippen LogP contribution is -2.44. The molecule has 4 rings (SSSR count). The number of nitrogens with one attached hydrogen (secondary N) is 1. The quantitative estimate of drug-likeness (QED) is 0.863. The number of hydrogen-bond acceptors (Lipinski definition) is 4. The topological polar surface area (TPSA) is 56.8 Å². The minimum absolute atomic E-state index is 0.0598. The van der Waals surface area contributed by atoms with E-state index in [4.69, 9.17) is 25.8 Å². The lowest BCUT2D eigenvalue weighted by molar-refractivity contribution is 0.0486. The number of benzene rings is 2. The summed E-state index contributed by atoms with van der Waals surface area (Å²) in [6, 6.07) is 9.78. The predicted octanol–water partition coefficient (Wildman–Crippen LogP) is 3.69. The first-order valence-corrected chi connectivity index (χ1v) is 9.16. The van der Waals surface area contributed by atoms with Gasteiger partial charge in [0.05, 0.1) is 5.56 Å². The standard InChI is InChI=1S/C20H19ClFNO4/c21-14-2-3-16(22)15(10-14)19(24)23-11-20(5-7-25-8-6-20)13-1-4-17-18(9-13)27-12-26-17/h1-4,9-10H,5-8,11-12H2,(H,23,24). The highest BCUT2D eigenvalue weighted by molar-refractivity contribution is 6.31. The first-order valence-electron chi connectivity index (χ1n) is 8.79. The molecule has 0 saturated carbocycles. The van der Waals surface area contributed by atoms with Crippen LogP contribution in [0, 0.1) is 5.82 Å². The van der Waals surface area contributed by atoms with Crippen molar-refractivity contribution in [3.63, 3.8) is 0 Å². The Hall–Kier alpha value is -2.31. The molecular formula is C20H19ClFNO4. The molecule has 0 bridgehead atoms. The van der Waals surface area contributed by atoms with Gasteiger partial charge in [0.25, 0.3) is 5.91 Å². The van der Waals surface area contributed by atoms with E-state index in [2.05, 4.69) is 5.32 Å². The van der Waals surface area contributed by atoms with Gasteiger partial charge in [0.1, 0.15) is 5.82 Å². The van der Waals surface area contributed by atoms with Crippen molar-refractivity contribution in [1.82, 2.24) is 5.32 Å². The largest absolute Gasteiger partial charge is 0.454 e. The van der Waals surface area contributed by atoms with Crippen molar-refractivity contribution >= 4 is 17.5 Å². The summed E-state index contributed by atoms with van der Waals surface area (Å²) in [7, 11) is 0. The molecule has 142 valence electrons. The zero-order chi connectivity index (χ0) is 18.9. The monoisotopic (exact) mass is 391 g/mol. The molecule has 0 spiro atoms. The summed E-state index contributed by atoms with van der Waals surface area (Å²) in [5, 5.41) is 3.20. The van der Waals surface area contributed by atoms with E-state index in [1.165, 1.54) is 18.2 Å². The molecule has 1 saturated heterocycles. The van der Waals surface area contributed by atoms with Gasteiger partial charge in [-0.25, -0.2) is 4.39 Å². The molecule has 2 aliphatic rings. The molecule has 2 aliphatic heterocycles. The van der Waals surface area contributed by atoms with Crippen molar-refractivity contribution in [2.45, 2.75) is 18.3 Å². The highest BCUT2D eigenvalue weighted by atomic mass is 35.5. The first kappa shape index (κ1) is 18.1. The second kappa shape index (κ2) is 7.37. The van der Waals surface area contributed by atoms with Crippen molar-refractivity contribution in [2.24, 2.45) is 0 Å². The Morgan fingerprint density at radius 3 is 2.70 bits per heavy atom. The second-order valence-electron chi connectivity index (χ2n) is 6.77. The minimum atomic E-state index is -0.596. The number of hydrogen-bond donors (Lipinski definition) is 1. The van der Waals surface area contributed by atoms with Gasteiger partial charge in [-0.1, -0.05) is 17.7 Å². The van der Waals surface area contributed by atoms with Crippen molar-refractivity contribution in [2.75, 3.05) is 26.6 Å². The van der Waals surface area contributed by atoms with Gasteiger partial charge < -0.3 is 19.5 Å². The highest BCUT2D eigenvalue weighted by Crippen LogP contribution is 2.40. The van der Waals surface area contributed by atoms with Crippen LogP contribution in [0.15, 0.2) is 36.4 Å². The molecule has 0 aromatic heterocycles. The van der Waals surface area contributed by atoms with Crippen LogP contribution in [-0.4, -0.2) is 32.5 Å². The van der Waals surface area contributed by atoms with Crippen molar-refractivity contribution in [3.8, 4) is 11.5 Å². The predicted molar refractivity (Wildman–Crippen MR) is 98.0 cm³/mol. The van der Waals surface area contributed by atoms with E-state index in [1.807, 2.05) is 18.2 Å². The van der Waals surface area contributed by atoms with Crippen LogP contribution in [0.25, 0.3) is 0 Å². The molecule has 5 nitrogen and oxygen atoms in total. The molecule has 2 aromatic rings. The maximum atomic E-state index is 14.0. The molecule has 0 radical (unpaired) electrons. The summed E-state index contributed by atoms with van der Waals surface area (Å²) in [5.74, 6) is 0.333. The van der Waals surface area contributed by atoms with Crippen LogP contribution in [0.3, 0.4) is 0 Å². The number of amides is 1. The van der Waals surface area contributed by atoms with Crippen LogP contribution in [0.2, 0.25) is 5.02 Å². The Morgan fingerprint density at radius 2 is 1.89 bits per heavy atom. The summed E-state index contributed by atoms with van der Waals surface area (Å²) in [4.78, 5) is 12.5. The van der Waals surface area contributed by atoms with Crippen LogP contribution in [0.5, 0.6) is 11.5 Å². The Bertz CT molecular complexity index is 867. The zero-order valence-electron chi connectivity index (χ0n) is 14.6. The van der Waals surface area contributed by atoms with Crippen molar-refractivity contribution in [3.05, 3.63) is 58.4 Å². The van der Waals surface area contributed by atoms with E-state index < -0.39 is 11.7 Å². The lowest BCUT2D eigenvalue weighted by atomic mass is 9.74. The normalized spacial score (nSPS) is 17.6. The zero-order valence-corrected chi connectivity index (χ0v) is 15.4. The van der Waals surface area contributed by atoms with Crippen molar-refractivity contribution in [1.29, 1.82) is 0 Å². The second-order valence-corrected chi connectivity index (χ2v) is 7.20. The number of fused-ring (bicyclic) bond motifs is 1. The highest BCUT2D eigenvalue weighted by Gasteiger charge is 2.36. The smallest absolute Gasteiger partial charge is 0.254 e. The lowest BCUT2D eigenvalue weighted by Gasteiger charge is -2.38. The average Bonchev–Trinajstić information content (AvgIpc) is 3.16. The summed E-state index contributed by atoms with van der Waals surface area (Å²) in [6.45, 7) is 1.76. The third-order valence-electron chi connectivity index (χ3n) is 5.20. The Kier molecular flexibility index (Phi) is 4.93. The van der Waals surface area contributed by atoms with E-state index in [0.717, 1.165) is 18.4 Å². The maximum absolute atomic E-state index is 14.0. The van der Waals surface area contributed by atoms with Gasteiger partial charge in [0, 0.05) is 30.2 Å². The van der Waals surface area contributed by atoms with Gasteiger partial charge in [-0.3, -0.25) is 4.79 Å². The van der Waals surface area contributed by atoms with E-state index in [1.54, 1.807) is 0 Å². The maximum Gasteiger partial charge on any atom is 0.254 e. The van der Waals surface area contributed by atoms with Gasteiger partial charge in [-0.2, -0.15) is 0 Å². The third kappa shape index (κ3) is 3.59. The molecule has 27 heavy (non-hydrogen) atoms. The molecule has 7 heteroatoms. The number of carbonyl (C=O) groups excluding carboxylic acids is 1. The fourth-order valence-electron chi connectivity index (χ4n) is 3.57. The molecule has 0 unspecified atom stereocenters. The Morgan fingerprint density at radius 1 is 1.11 bits per heavy atom. The molecule has 0 atom stereocenters. The summed E-state index contributed by atoms with van der Waals surface area (Å²) >= 11 is 5.90. The SMILES string of the molecule is O=C(NCC1(c2ccc3c(c2)OCO3)CCOCC1)c1cc(Cl)ccc1F. The van der Waals surface area contributed by atoms with Crippen LogP contribution in [0.4, 0.5) is 4.39 Å². The Labute approximate surface area is 161 Å². The van der Waals surface area contributed by atoms with E-state index in [0.29, 0.717) is 36.3 Å². The minimum Gasteiger partial charge on any atom is -0.454 e. The first-order chi connectivity index (χ1) is 13.1. The molecule has 2 heterocycles. The molecule has 1 amide bonds. The van der Waals surface area contributed by atoms with Gasteiger partial charge in [-0.05, 0) is 48.7 Å². The van der Waals surface area contributed by atoms with Crippen LogP contribution in [-0.2, 0) is 10.2 Å². The van der Waals surface area contributed by atoms with Gasteiger partial charge in [-0.15, -0.1) is 0 Å². The number of rotatable bonds is 4. The van der Waals surface area contributed by atoms with Crippen molar-refractivity contribution < 1.29 is 23.4 Å². The number of ether oxygens (including phenoxy) is 3. The van der Waals surface area contributed by atoms with Crippen LogP contribution in [0.1, 0.15) is 28.8 Å². The summed E-state index contributed by atoms with van der Waals surface area (Å²) in [6.07, 6.45) is 1.48. The fraction of sp³-hybridized carbons (Fsp3) is 0.350. The van der Waals surface area contributed by atoms with Gasteiger partial charge in [0.15, 0.2) is 11.5 Å². The number of carbonyl (C=O) groups is 1. The molecular weight excluding hydrogens is 373 g/mol. The van der Waals surface area contributed by atoms with E-state index in [9.17, 15) is 9.18 Å². The molecule has 2 aromatic carbocycles.